The molecule has 24 heavy (non-hydrogen) atoms. The lowest BCUT2D eigenvalue weighted by Crippen LogP contribution is -2.30. The highest BCUT2D eigenvalue weighted by atomic mass is 32.1. The molecule has 1 N–H and O–H groups in total. The van der Waals surface area contributed by atoms with Crippen LogP contribution in [0.25, 0.3) is 5.78 Å². The molecule has 126 valence electrons. The first kappa shape index (κ1) is 16.5. The molecular weight excluding hydrogens is 324 g/mol. The first-order chi connectivity index (χ1) is 11.4. The molecule has 0 aromatic carbocycles. The molecule has 3 rings (SSSR count). The number of carbonyl (C=O) groups is 1. The molecule has 3 aromatic rings. The molecule has 0 unspecified atom stereocenters. The van der Waals surface area contributed by atoms with Crippen LogP contribution in [0.2, 0.25) is 0 Å². The van der Waals surface area contributed by atoms with Crippen LogP contribution >= 0.6 is 11.3 Å². The second kappa shape index (κ2) is 6.27. The molecule has 0 aliphatic carbocycles. The van der Waals surface area contributed by atoms with E-state index in [4.69, 9.17) is 0 Å². The van der Waals surface area contributed by atoms with E-state index in [1.807, 2.05) is 40.7 Å². The maximum atomic E-state index is 12.7. The molecule has 0 saturated heterocycles. The van der Waals surface area contributed by atoms with Crippen molar-refractivity contribution < 1.29 is 4.79 Å². The van der Waals surface area contributed by atoms with Gasteiger partial charge in [-0.15, -0.1) is 21.5 Å². The monoisotopic (exact) mass is 344 g/mol. The highest BCUT2D eigenvalue weighted by molar-refractivity contribution is 7.11. The van der Waals surface area contributed by atoms with E-state index in [1.54, 1.807) is 15.7 Å². The third-order valence-corrected chi connectivity index (χ3v) is 5.14. The van der Waals surface area contributed by atoms with Crippen LogP contribution in [0.3, 0.4) is 0 Å². The lowest BCUT2D eigenvalue weighted by atomic mass is 10.2. The quantitative estimate of drug-likeness (QED) is 0.786. The van der Waals surface area contributed by atoms with Crippen molar-refractivity contribution in [2.24, 2.45) is 0 Å². The number of rotatable bonds is 4. The van der Waals surface area contributed by atoms with Gasteiger partial charge in [-0.2, -0.15) is 0 Å². The van der Waals surface area contributed by atoms with Crippen LogP contribution in [0.1, 0.15) is 57.0 Å². The van der Waals surface area contributed by atoms with Gasteiger partial charge >= 0.3 is 0 Å². The van der Waals surface area contributed by atoms with Gasteiger partial charge in [0.2, 0.25) is 5.82 Å². The first-order valence-corrected chi connectivity index (χ1v) is 8.66. The number of nitrogens with zero attached hydrogens (tertiary/aromatic N) is 5. The maximum absolute atomic E-state index is 12.7. The van der Waals surface area contributed by atoms with E-state index in [-0.39, 0.29) is 17.8 Å². The molecule has 8 heteroatoms. The molecule has 0 aliphatic rings. The normalized spacial score (nSPS) is 12.5. The van der Waals surface area contributed by atoms with Crippen molar-refractivity contribution in [1.29, 1.82) is 0 Å². The zero-order valence-corrected chi connectivity index (χ0v) is 15.2. The Morgan fingerprint density at radius 1 is 1.25 bits per heavy atom. The van der Waals surface area contributed by atoms with Gasteiger partial charge in [-0.25, -0.2) is 9.97 Å². The van der Waals surface area contributed by atoms with Crippen LogP contribution in [0.15, 0.2) is 6.07 Å². The zero-order valence-electron chi connectivity index (χ0n) is 14.4. The second-order valence-corrected chi connectivity index (χ2v) is 7.06. The highest BCUT2D eigenvalue weighted by Crippen LogP contribution is 2.25. The summed E-state index contributed by atoms with van der Waals surface area (Å²) in [4.78, 5) is 22.7. The third-order valence-electron chi connectivity index (χ3n) is 3.95. The van der Waals surface area contributed by atoms with E-state index in [1.165, 1.54) is 4.88 Å². The molecular formula is C16H20N6OS. The number of carbonyl (C=O) groups excluding carboxylic acids is 1. The number of hydrogen-bond donors (Lipinski definition) is 1. The lowest BCUT2D eigenvalue weighted by Gasteiger charge is -2.14. The standard InChI is InChI=1S/C16H20N6OS/c1-6-12(15-18-10(4)11(5)24-15)19-14(23)13-20-21-16-17-8(2)7-9(3)22(13)16/h7,12H,6H2,1-5H3,(H,19,23)/t12-/m0/s1. The Balaban J connectivity index is 1.91. The minimum absolute atomic E-state index is 0.138. The van der Waals surface area contributed by atoms with Crippen LogP contribution in [0.4, 0.5) is 0 Å². The number of thiazole rings is 1. The Hall–Kier alpha value is -2.35. The fraction of sp³-hybridized carbons (Fsp3) is 0.438. The van der Waals surface area contributed by atoms with E-state index in [0.29, 0.717) is 5.78 Å². The molecule has 0 aliphatic heterocycles. The summed E-state index contributed by atoms with van der Waals surface area (Å²) in [7, 11) is 0. The van der Waals surface area contributed by atoms with Crippen molar-refractivity contribution in [3.05, 3.63) is 38.9 Å². The average Bonchev–Trinajstić information content (AvgIpc) is 3.09. The van der Waals surface area contributed by atoms with Crippen molar-refractivity contribution in [3.63, 3.8) is 0 Å². The molecule has 1 atom stereocenters. The summed E-state index contributed by atoms with van der Waals surface area (Å²) in [5.41, 5.74) is 2.73. The zero-order chi connectivity index (χ0) is 17.4. The summed E-state index contributed by atoms with van der Waals surface area (Å²) in [6.45, 7) is 9.84. The summed E-state index contributed by atoms with van der Waals surface area (Å²) < 4.78 is 1.67. The number of aromatic nitrogens is 5. The van der Waals surface area contributed by atoms with Crippen molar-refractivity contribution >= 4 is 23.0 Å². The van der Waals surface area contributed by atoms with E-state index >= 15 is 0 Å². The molecule has 7 nitrogen and oxygen atoms in total. The van der Waals surface area contributed by atoms with E-state index in [9.17, 15) is 4.79 Å². The Morgan fingerprint density at radius 2 is 2.00 bits per heavy atom. The Bertz CT molecular complexity index is 893. The Kier molecular flexibility index (Phi) is 4.31. The largest absolute Gasteiger partial charge is 0.340 e. The molecule has 0 bridgehead atoms. The number of aryl methyl sites for hydroxylation is 4. The van der Waals surface area contributed by atoms with E-state index < -0.39 is 0 Å². The molecule has 3 aromatic heterocycles. The minimum Gasteiger partial charge on any atom is -0.340 e. The third kappa shape index (κ3) is 2.89. The summed E-state index contributed by atoms with van der Waals surface area (Å²) in [5, 5.41) is 12.0. The van der Waals surface area contributed by atoms with Gasteiger partial charge in [0.25, 0.3) is 11.7 Å². The number of nitrogens with one attached hydrogen (secondary N) is 1. The van der Waals surface area contributed by atoms with Gasteiger partial charge < -0.3 is 5.32 Å². The predicted molar refractivity (Wildman–Crippen MR) is 92.3 cm³/mol. The van der Waals surface area contributed by atoms with Gasteiger partial charge in [0.1, 0.15) is 5.01 Å². The van der Waals surface area contributed by atoms with Crippen LogP contribution < -0.4 is 5.32 Å². The smallest absolute Gasteiger partial charge is 0.290 e. The lowest BCUT2D eigenvalue weighted by molar-refractivity contribution is 0.0923. The predicted octanol–water partition coefficient (Wildman–Crippen LogP) is 2.70. The number of amides is 1. The molecule has 3 heterocycles. The van der Waals surface area contributed by atoms with Crippen LogP contribution in [0, 0.1) is 27.7 Å². The molecule has 1 amide bonds. The molecule has 0 spiro atoms. The Labute approximate surface area is 144 Å². The van der Waals surface area contributed by atoms with Gasteiger partial charge in [-0.1, -0.05) is 6.92 Å². The molecule has 0 saturated carbocycles. The first-order valence-electron chi connectivity index (χ1n) is 7.84. The molecule has 0 fully saturated rings. The summed E-state index contributed by atoms with van der Waals surface area (Å²) in [6.07, 6.45) is 0.755. The van der Waals surface area contributed by atoms with Crippen LogP contribution in [-0.4, -0.2) is 30.5 Å². The van der Waals surface area contributed by atoms with Crippen molar-refractivity contribution in [2.75, 3.05) is 0 Å². The van der Waals surface area contributed by atoms with Crippen LogP contribution in [0.5, 0.6) is 0 Å². The van der Waals surface area contributed by atoms with Gasteiger partial charge in [-0.05, 0) is 40.2 Å². The van der Waals surface area contributed by atoms with Crippen molar-refractivity contribution in [3.8, 4) is 0 Å². The van der Waals surface area contributed by atoms with Crippen molar-refractivity contribution in [2.45, 2.75) is 47.1 Å². The second-order valence-electron chi connectivity index (χ2n) is 5.83. The van der Waals surface area contributed by atoms with Gasteiger partial charge in [0, 0.05) is 16.3 Å². The summed E-state index contributed by atoms with van der Waals surface area (Å²) in [6, 6.07) is 1.76. The minimum atomic E-state index is -0.270. The molecule has 0 radical (unpaired) electrons. The Morgan fingerprint density at radius 3 is 2.62 bits per heavy atom. The maximum Gasteiger partial charge on any atom is 0.290 e. The van der Waals surface area contributed by atoms with E-state index in [2.05, 4.69) is 25.5 Å². The topological polar surface area (TPSA) is 85.1 Å². The van der Waals surface area contributed by atoms with Crippen LogP contribution in [-0.2, 0) is 0 Å². The fourth-order valence-electron chi connectivity index (χ4n) is 2.59. The highest BCUT2D eigenvalue weighted by Gasteiger charge is 2.22. The summed E-state index contributed by atoms with van der Waals surface area (Å²) >= 11 is 1.61. The van der Waals surface area contributed by atoms with Crippen molar-refractivity contribution in [1.82, 2.24) is 29.9 Å². The average molecular weight is 344 g/mol. The van der Waals surface area contributed by atoms with E-state index in [0.717, 1.165) is 28.5 Å². The summed E-state index contributed by atoms with van der Waals surface area (Å²) in [5.74, 6) is 0.415. The number of hydrogen-bond acceptors (Lipinski definition) is 6. The van der Waals surface area contributed by atoms with Gasteiger partial charge in [0.15, 0.2) is 0 Å². The van der Waals surface area contributed by atoms with Gasteiger partial charge in [-0.3, -0.25) is 9.20 Å². The fourth-order valence-corrected chi connectivity index (χ4v) is 3.64. The number of fused-ring (bicyclic) bond motifs is 1. The SMILES string of the molecule is CC[C@H](NC(=O)c1nnc2nc(C)cc(C)n12)c1nc(C)c(C)s1. The van der Waals surface area contributed by atoms with Gasteiger partial charge in [0.05, 0.1) is 11.7 Å².